The molecule has 37 heavy (non-hydrogen) atoms. The van der Waals surface area contributed by atoms with Crippen LogP contribution in [0, 0.1) is 13.0 Å². The highest BCUT2D eigenvalue weighted by Gasteiger charge is 2.39. The van der Waals surface area contributed by atoms with Crippen molar-refractivity contribution in [3.05, 3.63) is 65.4 Å². The highest BCUT2D eigenvalue weighted by atomic mass is 127. The number of aliphatic imine (C=N–C) groups is 1. The van der Waals surface area contributed by atoms with Gasteiger partial charge in [-0.15, -0.1) is 0 Å². The topological polar surface area (TPSA) is 41.9 Å². The molecule has 2 saturated carbocycles. The van der Waals surface area contributed by atoms with Crippen LogP contribution in [-0.2, 0) is 11.4 Å². The number of hydrogen-bond donors (Lipinski definition) is 0. The Morgan fingerprint density at radius 3 is 2.35 bits per heavy atom. The number of rotatable bonds is 6. The largest absolute Gasteiger partial charge is 0.487 e. The molecule has 2 aromatic rings. The molecule has 8 heteroatoms. The summed E-state index contributed by atoms with van der Waals surface area (Å²) in [7, 11) is 0. The second kappa shape index (κ2) is 12.8. The summed E-state index contributed by atoms with van der Waals surface area (Å²) in [4.78, 5) is 21.6. The number of thioether (sulfide) groups is 1. The minimum Gasteiger partial charge on any atom is -0.487 e. The van der Waals surface area contributed by atoms with E-state index in [1.165, 1.54) is 50.7 Å². The molecule has 0 spiro atoms. The monoisotopic (exact) mass is 744 g/mol. The maximum absolute atomic E-state index is 13.7. The summed E-state index contributed by atoms with van der Waals surface area (Å²) in [5.74, 6) is 0.615. The number of hydrogen-bond acceptors (Lipinski definition) is 4. The lowest BCUT2D eigenvalue weighted by Gasteiger charge is -2.31. The van der Waals surface area contributed by atoms with Gasteiger partial charge in [-0.05, 0) is 124 Å². The molecule has 0 N–H and O–H groups in total. The second-order valence-corrected chi connectivity index (χ2v) is 13.3. The summed E-state index contributed by atoms with van der Waals surface area (Å²) in [5, 5.41) is 0.912. The molecule has 0 aromatic heterocycles. The normalized spacial score (nSPS) is 21.8. The molecule has 5 rings (SSSR count). The van der Waals surface area contributed by atoms with Gasteiger partial charge in [0.15, 0.2) is 5.17 Å². The molecule has 1 amide bonds. The van der Waals surface area contributed by atoms with Gasteiger partial charge in [0.05, 0.1) is 18.1 Å². The van der Waals surface area contributed by atoms with E-state index in [0.29, 0.717) is 12.6 Å². The van der Waals surface area contributed by atoms with Crippen molar-refractivity contribution in [2.45, 2.75) is 82.9 Å². The molecule has 2 aromatic carbocycles. The fourth-order valence-corrected chi connectivity index (χ4v) is 8.58. The average molecular weight is 744 g/mol. The summed E-state index contributed by atoms with van der Waals surface area (Å²) >= 11 is 6.10. The SMILES string of the molecule is O=C1C(=Cc2cc(I)c(OCc3cccc(F)c3)c(I)c2)SC(=NC2CCCCC2)N1C1CCCCC1. The molecular weight excluding hydrogens is 713 g/mol. The minimum absolute atomic E-state index is 0.0999. The highest BCUT2D eigenvalue weighted by molar-refractivity contribution is 14.1. The van der Waals surface area contributed by atoms with Crippen molar-refractivity contribution in [3.8, 4) is 5.75 Å². The van der Waals surface area contributed by atoms with Gasteiger partial charge in [-0.25, -0.2) is 4.39 Å². The van der Waals surface area contributed by atoms with E-state index in [1.807, 2.05) is 29.2 Å². The molecule has 1 heterocycles. The summed E-state index contributed by atoms with van der Waals surface area (Å²) in [6.07, 6.45) is 13.8. The summed E-state index contributed by atoms with van der Waals surface area (Å²) in [6, 6.07) is 11.2. The predicted octanol–water partition coefficient (Wildman–Crippen LogP) is 8.55. The fraction of sp³-hybridized carbons (Fsp3) is 0.448. The fourth-order valence-electron chi connectivity index (χ4n) is 5.34. The van der Waals surface area contributed by atoms with Crippen molar-refractivity contribution in [1.82, 2.24) is 4.90 Å². The van der Waals surface area contributed by atoms with Gasteiger partial charge in [0, 0.05) is 6.04 Å². The van der Waals surface area contributed by atoms with Crippen LogP contribution in [0.25, 0.3) is 6.08 Å². The molecule has 3 fully saturated rings. The first-order valence-electron chi connectivity index (χ1n) is 13.1. The average Bonchev–Trinajstić information content (AvgIpc) is 3.18. The maximum Gasteiger partial charge on any atom is 0.266 e. The number of amides is 1. The van der Waals surface area contributed by atoms with Crippen LogP contribution in [0.15, 0.2) is 46.3 Å². The van der Waals surface area contributed by atoms with Crippen LogP contribution in [0.4, 0.5) is 4.39 Å². The molecule has 2 aliphatic carbocycles. The number of carbonyl (C=O) groups is 1. The summed E-state index contributed by atoms with van der Waals surface area (Å²) in [6.45, 7) is 0.301. The van der Waals surface area contributed by atoms with Crippen LogP contribution < -0.4 is 4.74 Å². The predicted molar refractivity (Wildman–Crippen MR) is 166 cm³/mol. The van der Waals surface area contributed by atoms with Crippen molar-refractivity contribution < 1.29 is 13.9 Å². The lowest BCUT2D eigenvalue weighted by Crippen LogP contribution is -2.41. The van der Waals surface area contributed by atoms with Gasteiger partial charge < -0.3 is 4.74 Å². The molecule has 196 valence electrons. The van der Waals surface area contributed by atoms with E-state index >= 15 is 0 Å². The standard InChI is InChI=1S/C29H31FI2N2O2S/c30-21-9-7-8-19(14-21)18-36-27-24(31)15-20(16-25(27)32)17-26-28(35)34(23-12-5-2-6-13-23)29(37-26)33-22-10-3-1-4-11-22/h7-9,14-17,22-23H,1-6,10-13,18H2. The number of carbonyl (C=O) groups excluding carboxylic acids is 1. The van der Waals surface area contributed by atoms with Gasteiger partial charge in [0.2, 0.25) is 0 Å². The molecule has 1 aliphatic heterocycles. The molecular formula is C29H31FI2N2O2S. The summed E-state index contributed by atoms with van der Waals surface area (Å²) < 4.78 is 21.5. The second-order valence-electron chi connectivity index (χ2n) is 10.0. The van der Waals surface area contributed by atoms with E-state index in [-0.39, 0.29) is 17.8 Å². The number of amidine groups is 1. The van der Waals surface area contributed by atoms with E-state index in [4.69, 9.17) is 9.73 Å². The number of benzene rings is 2. The quantitative estimate of drug-likeness (QED) is 0.220. The Labute approximate surface area is 250 Å². The Morgan fingerprint density at radius 2 is 1.68 bits per heavy atom. The lowest BCUT2D eigenvalue weighted by molar-refractivity contribution is -0.124. The van der Waals surface area contributed by atoms with Gasteiger partial charge in [-0.2, -0.15) is 0 Å². The number of ether oxygens (including phenoxy) is 1. The molecule has 0 radical (unpaired) electrons. The Balaban J connectivity index is 1.37. The van der Waals surface area contributed by atoms with Crippen molar-refractivity contribution in [2.24, 2.45) is 4.99 Å². The van der Waals surface area contributed by atoms with Gasteiger partial charge >= 0.3 is 0 Å². The minimum atomic E-state index is -0.264. The molecule has 0 atom stereocenters. The van der Waals surface area contributed by atoms with Crippen LogP contribution in [0.2, 0.25) is 0 Å². The van der Waals surface area contributed by atoms with Crippen molar-refractivity contribution >= 4 is 74.1 Å². The van der Waals surface area contributed by atoms with E-state index < -0.39 is 0 Å². The van der Waals surface area contributed by atoms with Crippen LogP contribution in [0.1, 0.15) is 75.3 Å². The smallest absolute Gasteiger partial charge is 0.266 e. The van der Waals surface area contributed by atoms with Crippen LogP contribution in [0.5, 0.6) is 5.75 Å². The van der Waals surface area contributed by atoms with Crippen molar-refractivity contribution in [1.29, 1.82) is 0 Å². The number of halogens is 3. The Kier molecular flexibility index (Phi) is 9.49. The molecule has 0 unspecified atom stereocenters. The maximum atomic E-state index is 13.7. The van der Waals surface area contributed by atoms with Gasteiger partial charge in [0.1, 0.15) is 18.2 Å². The third kappa shape index (κ3) is 6.90. The Bertz CT molecular complexity index is 1180. The third-order valence-electron chi connectivity index (χ3n) is 7.24. The van der Waals surface area contributed by atoms with Crippen LogP contribution in [-0.4, -0.2) is 28.1 Å². The number of nitrogens with zero attached hydrogens (tertiary/aromatic N) is 2. The van der Waals surface area contributed by atoms with Gasteiger partial charge in [-0.3, -0.25) is 14.7 Å². The zero-order valence-corrected chi connectivity index (χ0v) is 25.9. The lowest BCUT2D eigenvalue weighted by atomic mass is 9.94. The van der Waals surface area contributed by atoms with Crippen molar-refractivity contribution in [2.75, 3.05) is 0 Å². The first-order valence-corrected chi connectivity index (χ1v) is 16.1. The van der Waals surface area contributed by atoms with Crippen molar-refractivity contribution in [3.63, 3.8) is 0 Å². The zero-order chi connectivity index (χ0) is 25.8. The Morgan fingerprint density at radius 1 is 1.00 bits per heavy atom. The van der Waals surface area contributed by atoms with Crippen LogP contribution >= 0.6 is 56.9 Å². The molecule has 4 nitrogen and oxygen atoms in total. The van der Waals surface area contributed by atoms with E-state index in [2.05, 4.69) is 45.2 Å². The van der Waals surface area contributed by atoms with E-state index in [9.17, 15) is 9.18 Å². The van der Waals surface area contributed by atoms with Gasteiger partial charge in [-0.1, -0.05) is 50.7 Å². The molecule has 0 bridgehead atoms. The van der Waals surface area contributed by atoms with Crippen LogP contribution in [0.3, 0.4) is 0 Å². The van der Waals surface area contributed by atoms with E-state index in [1.54, 1.807) is 17.8 Å². The highest BCUT2D eigenvalue weighted by Crippen LogP contribution is 2.39. The van der Waals surface area contributed by atoms with Gasteiger partial charge in [0.25, 0.3) is 5.91 Å². The summed E-state index contributed by atoms with van der Waals surface area (Å²) in [5.41, 5.74) is 1.77. The molecule has 1 saturated heterocycles. The Hall–Kier alpha value is -1.14. The van der Waals surface area contributed by atoms with E-state index in [0.717, 1.165) is 59.8 Å². The third-order valence-corrected chi connectivity index (χ3v) is 9.83. The molecule has 3 aliphatic rings. The first-order chi connectivity index (χ1) is 18.0. The first kappa shape index (κ1) is 27.4. The zero-order valence-electron chi connectivity index (χ0n) is 20.7.